The predicted molar refractivity (Wildman–Crippen MR) is 128 cm³/mol. The molecule has 0 radical (unpaired) electrons. The van der Waals surface area contributed by atoms with Crippen molar-refractivity contribution in [1.29, 1.82) is 5.26 Å². The molecular weight excluding hydrogens is 446 g/mol. The van der Waals surface area contributed by atoms with E-state index in [1.165, 1.54) is 11.8 Å². The van der Waals surface area contributed by atoms with E-state index in [9.17, 15) is 5.26 Å². The van der Waals surface area contributed by atoms with Crippen molar-refractivity contribution in [3.63, 3.8) is 0 Å². The molecule has 0 spiro atoms. The summed E-state index contributed by atoms with van der Waals surface area (Å²) < 4.78 is 11.0. The second-order valence-electron chi connectivity index (χ2n) is 8.06. The summed E-state index contributed by atoms with van der Waals surface area (Å²) in [5.74, 6) is 1.91. The van der Waals surface area contributed by atoms with Crippen LogP contribution in [0.2, 0.25) is 5.02 Å². The first-order valence-corrected chi connectivity index (χ1v) is 11.7. The fraction of sp³-hybridized carbons (Fsp3) is 0.391. The average Bonchev–Trinajstić information content (AvgIpc) is 3.21. The van der Waals surface area contributed by atoms with Gasteiger partial charge in [0.2, 0.25) is 0 Å². The minimum absolute atomic E-state index is 0.424. The maximum absolute atomic E-state index is 9.63. The van der Waals surface area contributed by atoms with Crippen molar-refractivity contribution in [1.82, 2.24) is 15.0 Å². The fourth-order valence-corrected chi connectivity index (χ4v) is 4.76. The van der Waals surface area contributed by atoms with Crippen LogP contribution in [0.25, 0.3) is 22.2 Å². The van der Waals surface area contributed by atoms with E-state index in [0.717, 1.165) is 40.8 Å². The van der Waals surface area contributed by atoms with Crippen molar-refractivity contribution in [2.24, 2.45) is 5.41 Å². The number of anilines is 1. The van der Waals surface area contributed by atoms with Gasteiger partial charge >= 0.3 is 0 Å². The largest absolute Gasteiger partial charge is 0.496 e. The zero-order valence-corrected chi connectivity index (χ0v) is 20.3. The van der Waals surface area contributed by atoms with Crippen molar-refractivity contribution in [3.05, 3.63) is 28.9 Å². The van der Waals surface area contributed by atoms with Gasteiger partial charge in [0.05, 0.1) is 36.4 Å². The van der Waals surface area contributed by atoms with E-state index in [1.807, 2.05) is 32.4 Å². The molecule has 9 heteroatoms. The lowest BCUT2D eigenvalue weighted by molar-refractivity contribution is 0.393. The fourth-order valence-electron chi connectivity index (χ4n) is 4.05. The van der Waals surface area contributed by atoms with E-state index in [4.69, 9.17) is 31.0 Å². The molecular formula is C23H24ClN5O2S. The quantitative estimate of drug-likeness (QED) is 0.375. The number of hydrogen-bond donors (Lipinski definition) is 0. The van der Waals surface area contributed by atoms with Crippen molar-refractivity contribution >= 4 is 40.1 Å². The molecule has 0 bridgehead atoms. The maximum Gasteiger partial charge on any atom is 0.187 e. The summed E-state index contributed by atoms with van der Waals surface area (Å²) in [6.45, 7) is 5.24. The van der Waals surface area contributed by atoms with E-state index >= 15 is 0 Å². The molecule has 1 aromatic carbocycles. The third-order valence-electron chi connectivity index (χ3n) is 5.89. The van der Waals surface area contributed by atoms with Crippen molar-refractivity contribution < 1.29 is 9.47 Å². The second kappa shape index (κ2) is 8.64. The Morgan fingerprint density at radius 3 is 2.59 bits per heavy atom. The molecule has 1 atom stereocenters. The van der Waals surface area contributed by atoms with Crippen LogP contribution in [0.15, 0.2) is 23.5 Å². The Hall–Kier alpha value is -2.76. The summed E-state index contributed by atoms with van der Waals surface area (Å²) in [6.07, 6.45) is 4.52. The van der Waals surface area contributed by atoms with Gasteiger partial charge in [0.25, 0.3) is 0 Å². The standard InChI is InChI=1S/C23H24ClN5O2S/c1-13-16(30-3)9-17(31-4)19(24)18(13)15-8-14-10-26-22(32-5)28-20(14)21(27-15)29-7-6-23(2,11-25)12-29/h8-10H,6-7,12H2,1-5H3. The summed E-state index contributed by atoms with van der Waals surface area (Å²) in [5, 5.41) is 11.6. The zero-order valence-electron chi connectivity index (χ0n) is 18.7. The Morgan fingerprint density at radius 1 is 1.22 bits per heavy atom. The van der Waals surface area contributed by atoms with Crippen LogP contribution in [-0.4, -0.2) is 48.5 Å². The number of aromatic nitrogens is 3. The Labute approximate surface area is 196 Å². The van der Waals surface area contributed by atoms with Crippen LogP contribution >= 0.6 is 23.4 Å². The number of hydrogen-bond acceptors (Lipinski definition) is 8. The summed E-state index contributed by atoms with van der Waals surface area (Å²) >= 11 is 8.22. The molecule has 1 aliphatic rings. The van der Waals surface area contributed by atoms with E-state index in [2.05, 4.69) is 16.0 Å². The van der Waals surface area contributed by atoms with Crippen LogP contribution in [0.1, 0.15) is 18.9 Å². The SMILES string of the molecule is COc1cc(OC)c(Cl)c(-c2cc3cnc(SC)nc3c(N3CCC(C)(C#N)C3)n2)c1C. The molecule has 1 saturated heterocycles. The topological polar surface area (TPSA) is 84.2 Å². The lowest BCUT2D eigenvalue weighted by atomic mass is 9.92. The first-order valence-electron chi connectivity index (χ1n) is 10.1. The number of thioether (sulfide) groups is 1. The van der Waals surface area contributed by atoms with E-state index in [-0.39, 0.29) is 0 Å². The highest BCUT2D eigenvalue weighted by Gasteiger charge is 2.35. The van der Waals surface area contributed by atoms with E-state index < -0.39 is 5.41 Å². The molecule has 1 fully saturated rings. The van der Waals surface area contributed by atoms with Crippen LogP contribution in [0.5, 0.6) is 11.5 Å². The molecule has 3 aromatic rings. The molecule has 1 aliphatic heterocycles. The van der Waals surface area contributed by atoms with Gasteiger partial charge in [0.15, 0.2) is 11.0 Å². The summed E-state index contributed by atoms with van der Waals surface area (Å²) in [6, 6.07) is 6.16. The summed E-state index contributed by atoms with van der Waals surface area (Å²) in [7, 11) is 3.19. The number of methoxy groups -OCH3 is 2. The van der Waals surface area contributed by atoms with Crippen LogP contribution in [0.4, 0.5) is 5.82 Å². The monoisotopic (exact) mass is 469 g/mol. The molecule has 32 heavy (non-hydrogen) atoms. The number of rotatable bonds is 5. The minimum atomic E-state index is -0.424. The van der Waals surface area contributed by atoms with Gasteiger partial charge < -0.3 is 14.4 Å². The van der Waals surface area contributed by atoms with Crippen LogP contribution in [-0.2, 0) is 0 Å². The third kappa shape index (κ3) is 3.80. The molecule has 3 heterocycles. The van der Waals surface area contributed by atoms with Gasteiger partial charge in [-0.25, -0.2) is 15.0 Å². The van der Waals surface area contributed by atoms with Crippen LogP contribution < -0.4 is 14.4 Å². The van der Waals surface area contributed by atoms with Crippen molar-refractivity contribution in [3.8, 4) is 28.8 Å². The predicted octanol–water partition coefficient (Wildman–Crippen LogP) is 5.13. The molecule has 7 nitrogen and oxygen atoms in total. The molecule has 0 amide bonds. The van der Waals surface area contributed by atoms with Crippen molar-refractivity contribution in [2.45, 2.75) is 25.4 Å². The molecule has 4 rings (SSSR count). The van der Waals surface area contributed by atoms with Gasteiger partial charge in [-0.15, -0.1) is 0 Å². The Morgan fingerprint density at radius 2 is 1.97 bits per heavy atom. The number of halogens is 1. The first kappa shape index (κ1) is 22.4. The average molecular weight is 470 g/mol. The summed E-state index contributed by atoms with van der Waals surface area (Å²) in [5.41, 5.74) is 2.62. The minimum Gasteiger partial charge on any atom is -0.496 e. The van der Waals surface area contributed by atoms with Gasteiger partial charge in [0.1, 0.15) is 17.0 Å². The van der Waals surface area contributed by atoms with Gasteiger partial charge in [-0.1, -0.05) is 23.4 Å². The molecule has 0 aliphatic carbocycles. The molecule has 0 saturated carbocycles. The highest BCUT2D eigenvalue weighted by molar-refractivity contribution is 7.98. The highest BCUT2D eigenvalue weighted by atomic mass is 35.5. The van der Waals surface area contributed by atoms with E-state index in [1.54, 1.807) is 20.3 Å². The second-order valence-corrected chi connectivity index (χ2v) is 9.22. The smallest absolute Gasteiger partial charge is 0.187 e. The van der Waals surface area contributed by atoms with E-state index in [0.29, 0.717) is 33.9 Å². The molecule has 1 unspecified atom stereocenters. The highest BCUT2D eigenvalue weighted by Crippen LogP contribution is 2.44. The van der Waals surface area contributed by atoms with Gasteiger partial charge in [-0.3, -0.25) is 0 Å². The van der Waals surface area contributed by atoms with Crippen molar-refractivity contribution in [2.75, 3.05) is 38.5 Å². The lowest BCUT2D eigenvalue weighted by Crippen LogP contribution is -2.25. The number of ether oxygens (including phenoxy) is 2. The lowest BCUT2D eigenvalue weighted by Gasteiger charge is -2.22. The number of nitrogens with zero attached hydrogens (tertiary/aromatic N) is 5. The maximum atomic E-state index is 9.63. The Bertz CT molecular complexity index is 1220. The van der Waals surface area contributed by atoms with Gasteiger partial charge in [0, 0.05) is 41.9 Å². The number of fused-ring (bicyclic) bond motifs is 1. The Balaban J connectivity index is 1.99. The molecule has 166 valence electrons. The summed E-state index contributed by atoms with van der Waals surface area (Å²) in [4.78, 5) is 16.4. The third-order valence-corrected chi connectivity index (χ3v) is 6.83. The number of benzene rings is 1. The Kier molecular flexibility index (Phi) is 6.06. The number of pyridine rings is 1. The normalized spacial score (nSPS) is 18.1. The first-order chi connectivity index (χ1) is 15.3. The molecule has 2 aromatic heterocycles. The zero-order chi connectivity index (χ0) is 23.0. The van der Waals surface area contributed by atoms with Gasteiger partial charge in [-0.2, -0.15) is 5.26 Å². The number of nitriles is 1. The van der Waals surface area contributed by atoms with Crippen LogP contribution in [0, 0.1) is 23.7 Å². The van der Waals surface area contributed by atoms with Gasteiger partial charge in [-0.05, 0) is 32.6 Å². The van der Waals surface area contributed by atoms with Crippen LogP contribution in [0.3, 0.4) is 0 Å². The molecule has 0 N–H and O–H groups in total.